The van der Waals surface area contributed by atoms with E-state index in [4.69, 9.17) is 11.6 Å². The molecular formula is C15H21ClN2O3S. The molecule has 0 spiro atoms. The van der Waals surface area contributed by atoms with Crippen molar-refractivity contribution in [2.75, 3.05) is 26.2 Å². The van der Waals surface area contributed by atoms with Crippen molar-refractivity contribution in [3.8, 4) is 0 Å². The standard InChI is InChI=1S/C15H21ClN2O3S/c16-12-4-1-2-7-15(12)22(20,21)18-10-8-17(9-11-18)13-5-3-6-14(13)19/h1-2,4,7,13-14,19H,3,5-6,8-11H2/t13-,14-/m1/s1. The van der Waals surface area contributed by atoms with Gasteiger partial charge in [-0.3, -0.25) is 4.90 Å². The maximum absolute atomic E-state index is 12.7. The van der Waals surface area contributed by atoms with Crippen LogP contribution in [0.3, 0.4) is 0 Å². The van der Waals surface area contributed by atoms with E-state index in [0.717, 1.165) is 19.3 Å². The first kappa shape index (κ1) is 16.2. The predicted octanol–water partition coefficient (Wildman–Crippen LogP) is 1.56. The summed E-state index contributed by atoms with van der Waals surface area (Å²) in [6, 6.07) is 6.74. The summed E-state index contributed by atoms with van der Waals surface area (Å²) in [6.45, 7) is 2.20. The van der Waals surface area contributed by atoms with E-state index in [9.17, 15) is 13.5 Å². The molecule has 0 bridgehead atoms. The van der Waals surface area contributed by atoms with Crippen molar-refractivity contribution in [3.05, 3.63) is 29.3 Å². The number of piperazine rings is 1. The summed E-state index contributed by atoms with van der Waals surface area (Å²) in [5.41, 5.74) is 0. The normalized spacial score (nSPS) is 28.1. The number of aliphatic hydroxyl groups excluding tert-OH is 1. The fourth-order valence-corrected chi connectivity index (χ4v) is 5.33. The van der Waals surface area contributed by atoms with E-state index in [2.05, 4.69) is 4.90 Å². The Kier molecular flexibility index (Phi) is 4.75. The van der Waals surface area contributed by atoms with Gasteiger partial charge in [-0.25, -0.2) is 8.42 Å². The molecule has 1 aliphatic heterocycles. The Bertz CT molecular complexity index is 629. The van der Waals surface area contributed by atoms with E-state index < -0.39 is 10.0 Å². The van der Waals surface area contributed by atoms with Gasteiger partial charge in [-0.15, -0.1) is 0 Å². The van der Waals surface area contributed by atoms with Crippen molar-refractivity contribution in [3.63, 3.8) is 0 Å². The summed E-state index contributed by atoms with van der Waals surface area (Å²) >= 11 is 6.03. The smallest absolute Gasteiger partial charge is 0.244 e. The molecular weight excluding hydrogens is 324 g/mol. The Labute approximate surface area is 136 Å². The van der Waals surface area contributed by atoms with E-state index in [-0.39, 0.29) is 22.1 Å². The van der Waals surface area contributed by atoms with Gasteiger partial charge in [0.15, 0.2) is 0 Å². The number of hydrogen-bond acceptors (Lipinski definition) is 4. The fourth-order valence-electron chi connectivity index (χ4n) is 3.42. The zero-order valence-electron chi connectivity index (χ0n) is 12.4. The van der Waals surface area contributed by atoms with Crippen LogP contribution in [0.5, 0.6) is 0 Å². The minimum atomic E-state index is -3.54. The fraction of sp³-hybridized carbons (Fsp3) is 0.600. The first-order valence-electron chi connectivity index (χ1n) is 7.67. The van der Waals surface area contributed by atoms with Crippen LogP contribution in [0.2, 0.25) is 5.02 Å². The number of hydrogen-bond donors (Lipinski definition) is 1. The molecule has 5 nitrogen and oxygen atoms in total. The molecule has 1 aromatic carbocycles. The van der Waals surface area contributed by atoms with E-state index in [0.29, 0.717) is 26.2 Å². The first-order valence-corrected chi connectivity index (χ1v) is 9.49. The average Bonchev–Trinajstić information content (AvgIpc) is 2.94. The summed E-state index contributed by atoms with van der Waals surface area (Å²) in [4.78, 5) is 2.39. The van der Waals surface area contributed by atoms with Crippen molar-refractivity contribution >= 4 is 21.6 Å². The molecule has 122 valence electrons. The van der Waals surface area contributed by atoms with Crippen LogP contribution in [0.4, 0.5) is 0 Å². The van der Waals surface area contributed by atoms with Gasteiger partial charge >= 0.3 is 0 Å². The molecule has 1 N–H and O–H groups in total. The van der Waals surface area contributed by atoms with Crippen LogP contribution in [0.1, 0.15) is 19.3 Å². The van der Waals surface area contributed by atoms with Crippen molar-refractivity contribution in [2.45, 2.75) is 36.3 Å². The second-order valence-corrected chi connectivity index (χ2v) is 8.25. The predicted molar refractivity (Wildman–Crippen MR) is 85.4 cm³/mol. The van der Waals surface area contributed by atoms with Gasteiger partial charge in [0, 0.05) is 32.2 Å². The summed E-state index contributed by atoms with van der Waals surface area (Å²) in [7, 11) is -3.54. The zero-order chi connectivity index (χ0) is 15.7. The topological polar surface area (TPSA) is 60.9 Å². The number of halogens is 1. The van der Waals surface area contributed by atoms with E-state index >= 15 is 0 Å². The molecule has 0 amide bonds. The third kappa shape index (κ3) is 3.03. The molecule has 0 radical (unpaired) electrons. The molecule has 3 rings (SSSR count). The van der Waals surface area contributed by atoms with Crippen LogP contribution >= 0.6 is 11.6 Å². The molecule has 1 aliphatic carbocycles. The molecule has 22 heavy (non-hydrogen) atoms. The maximum Gasteiger partial charge on any atom is 0.244 e. The second kappa shape index (κ2) is 6.45. The Morgan fingerprint density at radius 3 is 2.36 bits per heavy atom. The highest BCUT2D eigenvalue weighted by Gasteiger charge is 2.35. The largest absolute Gasteiger partial charge is 0.391 e. The first-order chi connectivity index (χ1) is 10.5. The van der Waals surface area contributed by atoms with Crippen LogP contribution in [0, 0.1) is 0 Å². The number of nitrogens with zero attached hydrogens (tertiary/aromatic N) is 2. The van der Waals surface area contributed by atoms with Gasteiger partial charge in [0.1, 0.15) is 4.90 Å². The molecule has 2 atom stereocenters. The van der Waals surface area contributed by atoms with E-state index in [1.165, 1.54) is 4.31 Å². The molecule has 1 aromatic rings. The average molecular weight is 345 g/mol. The molecule has 1 saturated carbocycles. The van der Waals surface area contributed by atoms with Crippen LogP contribution < -0.4 is 0 Å². The van der Waals surface area contributed by atoms with Gasteiger partial charge in [0.05, 0.1) is 11.1 Å². The molecule has 1 saturated heterocycles. The van der Waals surface area contributed by atoms with E-state index in [1.54, 1.807) is 24.3 Å². The van der Waals surface area contributed by atoms with Crippen LogP contribution in [-0.2, 0) is 10.0 Å². The molecule has 0 aromatic heterocycles. The molecule has 0 unspecified atom stereocenters. The summed E-state index contributed by atoms with van der Waals surface area (Å²) in [5.74, 6) is 0. The Balaban J connectivity index is 1.69. The lowest BCUT2D eigenvalue weighted by atomic mass is 10.1. The van der Waals surface area contributed by atoms with Crippen LogP contribution in [-0.4, -0.2) is 61.1 Å². The highest BCUT2D eigenvalue weighted by Crippen LogP contribution is 2.28. The minimum absolute atomic E-state index is 0.172. The van der Waals surface area contributed by atoms with Gasteiger partial charge in [-0.2, -0.15) is 4.31 Å². The molecule has 1 heterocycles. The quantitative estimate of drug-likeness (QED) is 0.904. The van der Waals surface area contributed by atoms with Crippen molar-refractivity contribution < 1.29 is 13.5 Å². The number of benzene rings is 1. The summed E-state index contributed by atoms with van der Waals surface area (Å²) in [6.07, 6.45) is 2.62. The number of aliphatic hydroxyl groups is 1. The lowest BCUT2D eigenvalue weighted by Gasteiger charge is -2.38. The van der Waals surface area contributed by atoms with Crippen molar-refractivity contribution in [2.24, 2.45) is 0 Å². The summed E-state index contributed by atoms with van der Waals surface area (Å²) in [5, 5.41) is 10.3. The number of sulfonamides is 1. The van der Waals surface area contributed by atoms with Gasteiger partial charge < -0.3 is 5.11 Å². The molecule has 2 aliphatic rings. The van der Waals surface area contributed by atoms with Crippen LogP contribution in [0.25, 0.3) is 0 Å². The Morgan fingerprint density at radius 2 is 1.77 bits per heavy atom. The highest BCUT2D eigenvalue weighted by molar-refractivity contribution is 7.89. The van der Waals surface area contributed by atoms with Gasteiger partial charge in [0.25, 0.3) is 0 Å². The molecule has 7 heteroatoms. The third-order valence-corrected chi connectivity index (χ3v) is 7.04. The number of rotatable bonds is 3. The Hall–Kier alpha value is -0.660. The highest BCUT2D eigenvalue weighted by atomic mass is 35.5. The Morgan fingerprint density at radius 1 is 1.09 bits per heavy atom. The monoisotopic (exact) mass is 344 g/mol. The zero-order valence-corrected chi connectivity index (χ0v) is 13.9. The van der Waals surface area contributed by atoms with Crippen molar-refractivity contribution in [1.82, 2.24) is 9.21 Å². The van der Waals surface area contributed by atoms with Gasteiger partial charge in [-0.1, -0.05) is 23.7 Å². The SMILES string of the molecule is O=S(=O)(c1ccccc1Cl)N1CCN([C@@H]2CCC[C@H]2O)CC1. The van der Waals surface area contributed by atoms with Gasteiger partial charge in [0.2, 0.25) is 10.0 Å². The van der Waals surface area contributed by atoms with Crippen molar-refractivity contribution in [1.29, 1.82) is 0 Å². The maximum atomic E-state index is 12.7. The summed E-state index contributed by atoms with van der Waals surface area (Å²) < 4.78 is 26.8. The second-order valence-electron chi connectivity index (χ2n) is 5.94. The van der Waals surface area contributed by atoms with Gasteiger partial charge in [-0.05, 0) is 31.4 Å². The van der Waals surface area contributed by atoms with Crippen LogP contribution in [0.15, 0.2) is 29.2 Å². The lowest BCUT2D eigenvalue weighted by Crippen LogP contribution is -2.53. The lowest BCUT2D eigenvalue weighted by molar-refractivity contribution is 0.0512. The molecule has 2 fully saturated rings. The van der Waals surface area contributed by atoms with E-state index in [1.807, 2.05) is 0 Å². The minimum Gasteiger partial charge on any atom is -0.391 e. The third-order valence-electron chi connectivity index (χ3n) is 4.64.